The standard InChI is InChI=1S/C15H31N3O2.HI/c1-3-4-5-6-9-17-15(16-2)18-10-12-19-13-14-8-7-11-20-14;/h14H,3-13H2,1-2H3,(H2,16,17,18);1H. The molecule has 2 N–H and O–H groups in total. The van der Waals surface area contributed by atoms with Gasteiger partial charge >= 0.3 is 0 Å². The van der Waals surface area contributed by atoms with Crippen molar-refractivity contribution in [3.63, 3.8) is 0 Å². The minimum Gasteiger partial charge on any atom is -0.377 e. The molecule has 21 heavy (non-hydrogen) atoms. The minimum atomic E-state index is 0. The van der Waals surface area contributed by atoms with Gasteiger partial charge in [0.25, 0.3) is 0 Å². The van der Waals surface area contributed by atoms with Crippen LogP contribution in [0.5, 0.6) is 0 Å². The Kier molecular flexibility index (Phi) is 14.8. The summed E-state index contributed by atoms with van der Waals surface area (Å²) in [5, 5.41) is 6.58. The molecule has 0 aromatic rings. The average Bonchev–Trinajstić information content (AvgIpc) is 2.97. The van der Waals surface area contributed by atoms with Crippen LogP contribution in [0.1, 0.15) is 45.4 Å². The molecule has 5 nitrogen and oxygen atoms in total. The first kappa shape index (κ1) is 20.9. The van der Waals surface area contributed by atoms with Gasteiger partial charge in [-0.2, -0.15) is 0 Å². The quantitative estimate of drug-likeness (QED) is 0.250. The largest absolute Gasteiger partial charge is 0.377 e. The Hall–Kier alpha value is -0.0800. The summed E-state index contributed by atoms with van der Waals surface area (Å²) in [6, 6.07) is 0. The lowest BCUT2D eigenvalue weighted by atomic mass is 10.2. The lowest BCUT2D eigenvalue weighted by Crippen LogP contribution is -2.39. The zero-order chi connectivity index (χ0) is 14.5. The molecule has 0 aromatic carbocycles. The number of rotatable bonds is 10. The van der Waals surface area contributed by atoms with E-state index in [9.17, 15) is 0 Å². The summed E-state index contributed by atoms with van der Waals surface area (Å²) in [5.74, 6) is 0.863. The molecule has 0 radical (unpaired) electrons. The fourth-order valence-corrected chi connectivity index (χ4v) is 2.21. The molecule has 1 unspecified atom stereocenters. The molecule has 6 heteroatoms. The summed E-state index contributed by atoms with van der Waals surface area (Å²) in [6.45, 7) is 6.28. The van der Waals surface area contributed by atoms with Crippen molar-refractivity contribution in [3.05, 3.63) is 0 Å². The van der Waals surface area contributed by atoms with Crippen molar-refractivity contribution in [1.82, 2.24) is 10.6 Å². The molecule has 0 bridgehead atoms. The molecule has 1 rings (SSSR count). The highest BCUT2D eigenvalue weighted by atomic mass is 127. The van der Waals surface area contributed by atoms with Crippen LogP contribution in [0.25, 0.3) is 0 Å². The molecule has 1 heterocycles. The fraction of sp³-hybridized carbons (Fsp3) is 0.933. The van der Waals surface area contributed by atoms with Crippen molar-refractivity contribution in [2.24, 2.45) is 4.99 Å². The third-order valence-corrected chi connectivity index (χ3v) is 3.41. The van der Waals surface area contributed by atoms with Crippen LogP contribution in [0, 0.1) is 0 Å². The van der Waals surface area contributed by atoms with Gasteiger partial charge in [0.05, 0.1) is 19.3 Å². The first-order valence-electron chi connectivity index (χ1n) is 8.00. The number of halogens is 1. The lowest BCUT2D eigenvalue weighted by molar-refractivity contribution is 0.0191. The number of unbranched alkanes of at least 4 members (excludes halogenated alkanes) is 3. The minimum absolute atomic E-state index is 0. The Balaban J connectivity index is 0.00000400. The number of aliphatic imine (C=N–C) groups is 1. The van der Waals surface area contributed by atoms with Crippen molar-refractivity contribution in [3.8, 4) is 0 Å². The van der Waals surface area contributed by atoms with Gasteiger partial charge in [-0.3, -0.25) is 4.99 Å². The lowest BCUT2D eigenvalue weighted by Gasteiger charge is -2.13. The van der Waals surface area contributed by atoms with Crippen LogP contribution >= 0.6 is 24.0 Å². The van der Waals surface area contributed by atoms with Crippen molar-refractivity contribution in [2.45, 2.75) is 51.6 Å². The molecular weight excluding hydrogens is 381 g/mol. The highest BCUT2D eigenvalue weighted by Crippen LogP contribution is 2.11. The average molecular weight is 413 g/mol. The summed E-state index contributed by atoms with van der Waals surface area (Å²) in [6.07, 6.45) is 7.68. The van der Waals surface area contributed by atoms with Gasteiger partial charge in [0.15, 0.2) is 5.96 Å². The maximum Gasteiger partial charge on any atom is 0.191 e. The summed E-state index contributed by atoms with van der Waals surface area (Å²) in [4.78, 5) is 4.20. The van der Waals surface area contributed by atoms with Gasteiger partial charge in [-0.15, -0.1) is 24.0 Å². The Morgan fingerprint density at radius 2 is 2.05 bits per heavy atom. The Morgan fingerprint density at radius 1 is 1.24 bits per heavy atom. The summed E-state index contributed by atoms with van der Waals surface area (Å²) >= 11 is 0. The second-order valence-electron chi connectivity index (χ2n) is 5.20. The molecule has 0 amide bonds. The predicted octanol–water partition coefficient (Wildman–Crippen LogP) is 2.55. The van der Waals surface area contributed by atoms with E-state index in [1.54, 1.807) is 7.05 Å². The highest BCUT2D eigenvalue weighted by Gasteiger charge is 2.14. The molecule has 1 saturated heterocycles. The van der Waals surface area contributed by atoms with E-state index >= 15 is 0 Å². The van der Waals surface area contributed by atoms with Gasteiger partial charge in [0.1, 0.15) is 0 Å². The van der Waals surface area contributed by atoms with E-state index in [-0.39, 0.29) is 24.0 Å². The molecule has 1 aliphatic heterocycles. The summed E-state index contributed by atoms with van der Waals surface area (Å²) < 4.78 is 11.1. The first-order valence-corrected chi connectivity index (χ1v) is 8.00. The molecule has 0 aromatic heterocycles. The van der Waals surface area contributed by atoms with Crippen LogP contribution in [0.4, 0.5) is 0 Å². The van der Waals surface area contributed by atoms with Gasteiger partial charge in [-0.25, -0.2) is 0 Å². The van der Waals surface area contributed by atoms with Crippen molar-refractivity contribution < 1.29 is 9.47 Å². The van der Waals surface area contributed by atoms with Crippen LogP contribution in [0.2, 0.25) is 0 Å². The summed E-state index contributed by atoms with van der Waals surface area (Å²) in [5.41, 5.74) is 0. The summed E-state index contributed by atoms with van der Waals surface area (Å²) in [7, 11) is 1.80. The second-order valence-corrected chi connectivity index (χ2v) is 5.20. The van der Waals surface area contributed by atoms with Gasteiger partial charge in [-0.05, 0) is 19.3 Å². The monoisotopic (exact) mass is 413 g/mol. The fourth-order valence-electron chi connectivity index (χ4n) is 2.21. The van der Waals surface area contributed by atoms with Gasteiger partial charge in [-0.1, -0.05) is 26.2 Å². The Bertz CT molecular complexity index is 259. The number of hydrogen-bond acceptors (Lipinski definition) is 3. The van der Waals surface area contributed by atoms with Gasteiger partial charge in [0.2, 0.25) is 0 Å². The first-order chi connectivity index (χ1) is 9.86. The highest BCUT2D eigenvalue weighted by molar-refractivity contribution is 14.0. The van der Waals surface area contributed by atoms with Crippen molar-refractivity contribution >= 4 is 29.9 Å². The predicted molar refractivity (Wildman–Crippen MR) is 98.7 cm³/mol. The van der Waals surface area contributed by atoms with Crippen LogP contribution in [-0.2, 0) is 9.47 Å². The van der Waals surface area contributed by atoms with E-state index in [0.717, 1.165) is 32.1 Å². The molecule has 0 saturated carbocycles. The van der Waals surface area contributed by atoms with Gasteiger partial charge < -0.3 is 20.1 Å². The maximum atomic E-state index is 5.60. The molecule has 126 valence electrons. The third-order valence-electron chi connectivity index (χ3n) is 3.41. The molecule has 0 spiro atoms. The van der Waals surface area contributed by atoms with E-state index in [0.29, 0.717) is 19.3 Å². The van der Waals surface area contributed by atoms with E-state index < -0.39 is 0 Å². The zero-order valence-electron chi connectivity index (χ0n) is 13.5. The van der Waals surface area contributed by atoms with E-state index in [4.69, 9.17) is 9.47 Å². The van der Waals surface area contributed by atoms with E-state index in [2.05, 4.69) is 22.5 Å². The molecular formula is C15H32IN3O2. The van der Waals surface area contributed by atoms with Crippen LogP contribution in [0.3, 0.4) is 0 Å². The number of ether oxygens (including phenoxy) is 2. The van der Waals surface area contributed by atoms with Gasteiger partial charge in [0, 0.05) is 26.7 Å². The molecule has 1 atom stereocenters. The number of hydrogen-bond donors (Lipinski definition) is 2. The number of nitrogens with zero attached hydrogens (tertiary/aromatic N) is 1. The maximum absolute atomic E-state index is 5.60. The van der Waals surface area contributed by atoms with Crippen molar-refractivity contribution in [2.75, 3.05) is 40.0 Å². The topological polar surface area (TPSA) is 54.9 Å². The van der Waals surface area contributed by atoms with E-state index in [1.165, 1.54) is 32.1 Å². The molecule has 0 aliphatic carbocycles. The number of nitrogens with one attached hydrogen (secondary N) is 2. The van der Waals surface area contributed by atoms with Crippen LogP contribution in [0.15, 0.2) is 4.99 Å². The Labute approximate surface area is 146 Å². The SMILES string of the molecule is CCCCCCNC(=NC)NCCOCC1CCCO1.I. The smallest absolute Gasteiger partial charge is 0.191 e. The normalized spacial score (nSPS) is 18.4. The van der Waals surface area contributed by atoms with Crippen LogP contribution < -0.4 is 10.6 Å². The molecule has 1 fully saturated rings. The second kappa shape index (κ2) is 14.8. The number of guanidine groups is 1. The zero-order valence-corrected chi connectivity index (χ0v) is 15.9. The van der Waals surface area contributed by atoms with E-state index in [1.807, 2.05) is 0 Å². The third kappa shape index (κ3) is 11.2. The Morgan fingerprint density at radius 3 is 2.71 bits per heavy atom. The molecule has 1 aliphatic rings. The van der Waals surface area contributed by atoms with Crippen LogP contribution in [-0.4, -0.2) is 52.0 Å². The van der Waals surface area contributed by atoms with Crippen molar-refractivity contribution in [1.29, 1.82) is 0 Å².